The Balaban J connectivity index is 1.32. The van der Waals surface area contributed by atoms with Gasteiger partial charge < -0.3 is 10.2 Å². The molecule has 5 fully saturated rings. The molecule has 0 unspecified atom stereocenters. The molecule has 144 valence electrons. The van der Waals surface area contributed by atoms with Gasteiger partial charge >= 0.3 is 0 Å². The van der Waals surface area contributed by atoms with Crippen LogP contribution in [0.3, 0.4) is 0 Å². The molecule has 5 aliphatic rings. The zero-order valence-corrected chi connectivity index (χ0v) is 15.6. The number of anilines is 1. The monoisotopic (exact) mass is 370 g/mol. The van der Waals surface area contributed by atoms with E-state index in [4.69, 9.17) is 0 Å². The largest absolute Gasteiger partial charge is 0.330 e. The number of rotatable bonds is 3. The minimum atomic E-state index is -0.393. The Kier molecular flexibility index (Phi) is 4.03. The van der Waals surface area contributed by atoms with E-state index in [1.807, 2.05) is 4.90 Å². The van der Waals surface area contributed by atoms with Gasteiger partial charge in [0.1, 0.15) is 11.9 Å². The lowest BCUT2D eigenvalue weighted by atomic mass is 9.49. The predicted molar refractivity (Wildman–Crippen MR) is 100 cm³/mol. The van der Waals surface area contributed by atoms with E-state index in [0.29, 0.717) is 36.4 Å². The fourth-order valence-electron chi connectivity index (χ4n) is 6.72. The van der Waals surface area contributed by atoms with Crippen molar-refractivity contribution in [1.82, 2.24) is 4.90 Å². The molecular formula is C22H27FN2O2. The second-order valence-corrected chi connectivity index (χ2v) is 9.35. The van der Waals surface area contributed by atoms with E-state index in [2.05, 4.69) is 5.32 Å². The molecule has 4 nitrogen and oxygen atoms in total. The topological polar surface area (TPSA) is 49.4 Å². The van der Waals surface area contributed by atoms with E-state index < -0.39 is 6.04 Å². The summed E-state index contributed by atoms with van der Waals surface area (Å²) in [6.07, 6.45) is 8.59. The third-order valence-corrected chi connectivity index (χ3v) is 7.42. The van der Waals surface area contributed by atoms with Gasteiger partial charge in [0.2, 0.25) is 11.8 Å². The molecular weight excluding hydrogens is 343 g/mol. The first kappa shape index (κ1) is 17.2. The number of nitrogens with zero attached hydrogens (tertiary/aromatic N) is 1. The van der Waals surface area contributed by atoms with Crippen LogP contribution >= 0.6 is 0 Å². The molecule has 1 saturated heterocycles. The Labute approximate surface area is 159 Å². The fraction of sp³-hybridized carbons (Fsp3) is 0.636. The average molecular weight is 370 g/mol. The highest BCUT2D eigenvalue weighted by atomic mass is 19.1. The van der Waals surface area contributed by atoms with Crippen LogP contribution in [0.2, 0.25) is 0 Å². The van der Waals surface area contributed by atoms with E-state index in [1.54, 1.807) is 12.1 Å². The molecule has 0 radical (unpaired) electrons. The summed E-state index contributed by atoms with van der Waals surface area (Å²) in [4.78, 5) is 28.3. The number of likely N-dealkylation sites (tertiary alicyclic amines) is 1. The predicted octanol–water partition coefficient (Wildman–Crippen LogP) is 3.97. The van der Waals surface area contributed by atoms with E-state index in [9.17, 15) is 14.0 Å². The highest BCUT2D eigenvalue weighted by molar-refractivity contribution is 5.98. The molecule has 27 heavy (non-hydrogen) atoms. The zero-order chi connectivity index (χ0) is 18.6. The van der Waals surface area contributed by atoms with Gasteiger partial charge in [0, 0.05) is 12.2 Å². The lowest BCUT2D eigenvalue weighted by Gasteiger charge is -2.56. The Bertz CT molecular complexity index is 725. The first-order chi connectivity index (χ1) is 13.0. The van der Waals surface area contributed by atoms with Crippen LogP contribution < -0.4 is 5.32 Å². The second-order valence-electron chi connectivity index (χ2n) is 9.35. The number of hydrogen-bond donors (Lipinski definition) is 1. The molecule has 1 aliphatic heterocycles. The normalized spacial score (nSPS) is 36.9. The number of benzene rings is 1. The van der Waals surface area contributed by atoms with Crippen molar-refractivity contribution in [2.75, 3.05) is 11.9 Å². The SMILES string of the molecule is O=C(Nc1ccc(F)cc1)[C@H]1CCCN1C(=O)C12CC3CC(CC(C3)C1)C2. The molecule has 1 N–H and O–H groups in total. The Morgan fingerprint density at radius 3 is 2.19 bits per heavy atom. The van der Waals surface area contributed by atoms with Crippen molar-refractivity contribution in [3.8, 4) is 0 Å². The molecule has 0 aromatic heterocycles. The number of hydrogen-bond acceptors (Lipinski definition) is 2. The summed E-state index contributed by atoms with van der Waals surface area (Å²) in [6.45, 7) is 0.683. The fourth-order valence-corrected chi connectivity index (χ4v) is 6.72. The summed E-state index contributed by atoms with van der Waals surface area (Å²) in [5, 5.41) is 2.87. The van der Waals surface area contributed by atoms with Gasteiger partial charge in [0.15, 0.2) is 0 Å². The highest BCUT2D eigenvalue weighted by Gasteiger charge is 2.56. The van der Waals surface area contributed by atoms with E-state index in [1.165, 1.54) is 31.4 Å². The van der Waals surface area contributed by atoms with Crippen molar-refractivity contribution >= 4 is 17.5 Å². The molecule has 1 aromatic rings. The maximum Gasteiger partial charge on any atom is 0.247 e. The van der Waals surface area contributed by atoms with Crippen molar-refractivity contribution in [3.05, 3.63) is 30.1 Å². The summed E-state index contributed by atoms with van der Waals surface area (Å²) >= 11 is 0. The maximum atomic E-state index is 13.6. The Morgan fingerprint density at radius 1 is 1.00 bits per heavy atom. The third kappa shape index (κ3) is 2.95. The molecule has 0 spiro atoms. The van der Waals surface area contributed by atoms with Gasteiger partial charge in [-0.05, 0) is 93.4 Å². The molecule has 4 aliphatic carbocycles. The highest BCUT2D eigenvalue weighted by Crippen LogP contribution is 2.60. The number of amides is 2. The van der Waals surface area contributed by atoms with Gasteiger partial charge in [-0.2, -0.15) is 0 Å². The van der Waals surface area contributed by atoms with Crippen LogP contribution in [0.15, 0.2) is 24.3 Å². The van der Waals surface area contributed by atoms with Crippen molar-refractivity contribution in [2.24, 2.45) is 23.2 Å². The van der Waals surface area contributed by atoms with Gasteiger partial charge in [-0.15, -0.1) is 0 Å². The summed E-state index contributed by atoms with van der Waals surface area (Å²) in [5.41, 5.74) is 0.378. The van der Waals surface area contributed by atoms with Crippen LogP contribution in [0.5, 0.6) is 0 Å². The van der Waals surface area contributed by atoms with Crippen molar-refractivity contribution in [2.45, 2.75) is 57.4 Å². The summed E-state index contributed by atoms with van der Waals surface area (Å²) < 4.78 is 13.1. The summed E-state index contributed by atoms with van der Waals surface area (Å²) in [6, 6.07) is 5.40. The van der Waals surface area contributed by atoms with E-state index in [-0.39, 0.29) is 23.0 Å². The van der Waals surface area contributed by atoms with Gasteiger partial charge in [-0.1, -0.05) is 0 Å². The standard InChI is InChI=1S/C22H27FN2O2/c23-17-3-5-18(6-4-17)24-20(26)19-2-1-7-25(19)21(27)22-11-14-8-15(12-22)10-16(9-14)13-22/h3-6,14-16,19H,1-2,7-13H2,(H,24,26)/t14?,15?,16?,19-,22?/m1/s1. The quantitative estimate of drug-likeness (QED) is 0.875. The Hall–Kier alpha value is -1.91. The molecule has 1 aromatic carbocycles. The zero-order valence-electron chi connectivity index (χ0n) is 15.6. The minimum Gasteiger partial charge on any atom is -0.330 e. The van der Waals surface area contributed by atoms with Gasteiger partial charge in [0.25, 0.3) is 0 Å². The summed E-state index contributed by atoms with van der Waals surface area (Å²) in [5.74, 6) is 1.92. The van der Waals surface area contributed by atoms with E-state index in [0.717, 1.165) is 25.7 Å². The van der Waals surface area contributed by atoms with Crippen LogP contribution in [-0.2, 0) is 9.59 Å². The molecule has 5 heteroatoms. The Morgan fingerprint density at radius 2 is 1.59 bits per heavy atom. The van der Waals surface area contributed by atoms with Crippen LogP contribution in [0.1, 0.15) is 51.4 Å². The first-order valence-electron chi connectivity index (χ1n) is 10.4. The summed E-state index contributed by atoms with van der Waals surface area (Å²) in [7, 11) is 0. The average Bonchev–Trinajstić information content (AvgIpc) is 3.11. The van der Waals surface area contributed by atoms with Gasteiger partial charge in [-0.3, -0.25) is 9.59 Å². The van der Waals surface area contributed by atoms with Gasteiger partial charge in [0.05, 0.1) is 5.41 Å². The third-order valence-electron chi connectivity index (χ3n) is 7.42. The number of nitrogens with one attached hydrogen (secondary N) is 1. The molecule has 4 saturated carbocycles. The molecule has 1 atom stereocenters. The van der Waals surface area contributed by atoms with Gasteiger partial charge in [-0.25, -0.2) is 4.39 Å². The van der Waals surface area contributed by atoms with Crippen LogP contribution in [0.4, 0.5) is 10.1 Å². The molecule has 4 bridgehead atoms. The lowest BCUT2D eigenvalue weighted by Crippen LogP contribution is -2.56. The first-order valence-corrected chi connectivity index (χ1v) is 10.4. The number of carbonyl (C=O) groups excluding carboxylic acids is 2. The smallest absolute Gasteiger partial charge is 0.247 e. The van der Waals surface area contributed by atoms with Crippen molar-refractivity contribution < 1.29 is 14.0 Å². The van der Waals surface area contributed by atoms with E-state index >= 15 is 0 Å². The van der Waals surface area contributed by atoms with Crippen molar-refractivity contribution in [1.29, 1.82) is 0 Å². The van der Waals surface area contributed by atoms with Crippen molar-refractivity contribution in [3.63, 3.8) is 0 Å². The lowest BCUT2D eigenvalue weighted by molar-refractivity contribution is -0.160. The second kappa shape index (κ2) is 6.32. The minimum absolute atomic E-state index is 0.141. The van der Waals surface area contributed by atoms with Crippen LogP contribution in [0, 0.1) is 29.0 Å². The molecule has 2 amide bonds. The number of halogens is 1. The van der Waals surface area contributed by atoms with Crippen LogP contribution in [0.25, 0.3) is 0 Å². The molecule has 1 heterocycles. The number of carbonyl (C=O) groups is 2. The molecule has 6 rings (SSSR count). The maximum absolute atomic E-state index is 13.6. The van der Waals surface area contributed by atoms with Crippen LogP contribution in [-0.4, -0.2) is 29.3 Å².